The molecule has 5 aliphatic rings. The summed E-state index contributed by atoms with van der Waals surface area (Å²) in [7, 11) is 0. The van der Waals surface area contributed by atoms with Gasteiger partial charge in [0.05, 0.1) is 4.91 Å². The SMILES string of the molecule is O=C(NC1CN2CCC1CC2)C1=CC2C=CC(c3noc(-c4ccccc4)n3)=CC(=C2)S1. The van der Waals surface area contributed by atoms with Crippen LogP contribution in [0, 0.1) is 11.8 Å². The van der Waals surface area contributed by atoms with Gasteiger partial charge in [-0.1, -0.05) is 59.4 Å². The predicted octanol–water partition coefficient (Wildman–Crippen LogP) is 4.03. The Kier molecular flexibility index (Phi) is 5.08. The number of aromatic nitrogens is 2. The average molecular weight is 445 g/mol. The zero-order chi connectivity index (χ0) is 21.5. The number of fused-ring (bicyclic) bond motifs is 4. The van der Waals surface area contributed by atoms with Crippen LogP contribution in [-0.4, -0.2) is 46.6 Å². The van der Waals surface area contributed by atoms with Crippen LogP contribution in [0.25, 0.3) is 17.0 Å². The molecule has 2 unspecified atom stereocenters. The van der Waals surface area contributed by atoms with Crippen LogP contribution < -0.4 is 5.32 Å². The molecule has 7 heteroatoms. The summed E-state index contributed by atoms with van der Waals surface area (Å²) in [6.07, 6.45) is 12.7. The minimum atomic E-state index is 0.0422. The summed E-state index contributed by atoms with van der Waals surface area (Å²) in [4.78, 5) is 21.9. The van der Waals surface area contributed by atoms with E-state index in [1.807, 2.05) is 48.6 Å². The van der Waals surface area contributed by atoms with Crippen molar-refractivity contribution in [1.29, 1.82) is 0 Å². The molecule has 1 aliphatic carbocycles. The number of thioether (sulfide) groups is 1. The lowest BCUT2D eigenvalue weighted by Crippen LogP contribution is -2.57. The van der Waals surface area contributed by atoms with Crippen LogP contribution in [0.5, 0.6) is 0 Å². The first-order valence-corrected chi connectivity index (χ1v) is 12.0. The largest absolute Gasteiger partial charge is 0.347 e. The third-order valence-corrected chi connectivity index (χ3v) is 7.66. The Morgan fingerprint density at radius 2 is 2.00 bits per heavy atom. The van der Waals surface area contributed by atoms with Crippen LogP contribution in [0.4, 0.5) is 0 Å². The molecule has 32 heavy (non-hydrogen) atoms. The molecule has 7 rings (SSSR count). The standard InChI is InChI=1S/C25H24N4O2S/c30-24(26-21-15-29-10-8-17(21)9-11-29)22-13-16-6-7-19(14-20(12-16)32-22)23-27-25(31-28-23)18-4-2-1-3-5-18/h1-7,12-14,16-17,21H,8-11,15H2,(H,26,30). The fourth-order valence-corrected chi connectivity index (χ4v) is 5.92. The molecule has 0 radical (unpaired) electrons. The summed E-state index contributed by atoms with van der Waals surface area (Å²) in [6.45, 7) is 3.32. The van der Waals surface area contributed by atoms with Crippen LogP contribution in [0.3, 0.4) is 0 Å². The quantitative estimate of drug-likeness (QED) is 0.768. The van der Waals surface area contributed by atoms with E-state index >= 15 is 0 Å². The van der Waals surface area contributed by atoms with Crippen LogP contribution >= 0.6 is 11.8 Å². The van der Waals surface area contributed by atoms with E-state index in [9.17, 15) is 4.79 Å². The van der Waals surface area contributed by atoms with Gasteiger partial charge in [0.25, 0.3) is 11.8 Å². The van der Waals surface area contributed by atoms with E-state index in [1.54, 1.807) is 0 Å². The molecule has 3 saturated heterocycles. The third-order valence-electron chi connectivity index (χ3n) is 6.63. The summed E-state index contributed by atoms with van der Waals surface area (Å²) < 4.78 is 5.48. The number of nitrogens with one attached hydrogen (secondary N) is 1. The maximum Gasteiger partial charge on any atom is 0.258 e. The summed E-state index contributed by atoms with van der Waals surface area (Å²) in [5, 5.41) is 7.50. The monoisotopic (exact) mass is 444 g/mol. The van der Waals surface area contributed by atoms with Crippen molar-refractivity contribution in [3.63, 3.8) is 0 Å². The van der Waals surface area contributed by atoms with Gasteiger partial charge in [-0.05, 0) is 50.1 Å². The Morgan fingerprint density at radius 3 is 2.78 bits per heavy atom. The Balaban J connectivity index is 1.17. The van der Waals surface area contributed by atoms with Crippen molar-refractivity contribution in [2.24, 2.45) is 11.8 Å². The lowest BCUT2D eigenvalue weighted by Gasteiger charge is -2.45. The number of benzene rings is 1. The van der Waals surface area contributed by atoms with Gasteiger partial charge in [-0.3, -0.25) is 4.79 Å². The normalized spacial score (nSPS) is 28.4. The maximum absolute atomic E-state index is 13.1. The van der Waals surface area contributed by atoms with Crippen molar-refractivity contribution in [3.05, 3.63) is 76.3 Å². The molecule has 1 aromatic carbocycles. The maximum atomic E-state index is 13.1. The number of hydrogen-bond donors (Lipinski definition) is 1. The highest BCUT2D eigenvalue weighted by molar-refractivity contribution is 8.07. The lowest BCUT2D eigenvalue weighted by molar-refractivity contribution is -0.118. The Labute approximate surface area is 191 Å². The van der Waals surface area contributed by atoms with E-state index in [-0.39, 0.29) is 17.9 Å². The Hall–Kier alpha value is -2.90. The van der Waals surface area contributed by atoms with Gasteiger partial charge in [0.1, 0.15) is 0 Å². The Bertz CT molecular complexity index is 1160. The van der Waals surface area contributed by atoms with Gasteiger partial charge in [-0.25, -0.2) is 0 Å². The highest BCUT2D eigenvalue weighted by Gasteiger charge is 2.35. The number of carbonyl (C=O) groups is 1. The van der Waals surface area contributed by atoms with Gasteiger partial charge in [0.2, 0.25) is 5.82 Å². The molecule has 4 aliphatic heterocycles. The van der Waals surface area contributed by atoms with E-state index < -0.39 is 0 Å². The highest BCUT2D eigenvalue weighted by atomic mass is 32.2. The van der Waals surface area contributed by atoms with E-state index in [4.69, 9.17) is 4.52 Å². The molecule has 3 fully saturated rings. The molecule has 5 heterocycles. The molecule has 162 valence electrons. The van der Waals surface area contributed by atoms with Crippen molar-refractivity contribution >= 4 is 23.2 Å². The van der Waals surface area contributed by atoms with Gasteiger partial charge in [-0.15, -0.1) is 0 Å². The molecule has 1 aromatic heterocycles. The summed E-state index contributed by atoms with van der Waals surface area (Å²) in [5.74, 6) is 1.78. The molecule has 0 spiro atoms. The first kappa shape index (κ1) is 19.8. The van der Waals surface area contributed by atoms with E-state index in [1.165, 1.54) is 37.7 Å². The van der Waals surface area contributed by atoms with Crippen LogP contribution in [0.15, 0.2) is 75.0 Å². The summed E-state index contributed by atoms with van der Waals surface area (Å²) in [5.41, 5.74) is 1.77. The molecule has 0 saturated carbocycles. The van der Waals surface area contributed by atoms with E-state index in [2.05, 4.69) is 32.5 Å². The van der Waals surface area contributed by atoms with Crippen LogP contribution in [0.2, 0.25) is 0 Å². The second kappa shape index (κ2) is 8.22. The number of hydrogen-bond acceptors (Lipinski definition) is 6. The third kappa shape index (κ3) is 3.87. The second-order valence-corrected chi connectivity index (χ2v) is 9.86. The van der Waals surface area contributed by atoms with E-state index in [0.717, 1.165) is 27.5 Å². The minimum Gasteiger partial charge on any atom is -0.347 e. The molecule has 2 aromatic rings. The smallest absolute Gasteiger partial charge is 0.258 e. The first-order chi connectivity index (χ1) is 15.7. The van der Waals surface area contributed by atoms with Crippen molar-refractivity contribution in [1.82, 2.24) is 20.4 Å². The number of amides is 1. The lowest BCUT2D eigenvalue weighted by atomic mass is 9.84. The average Bonchev–Trinajstić information content (AvgIpc) is 3.28. The number of carbonyl (C=O) groups excluding carboxylic acids is 1. The predicted molar refractivity (Wildman–Crippen MR) is 125 cm³/mol. The first-order valence-electron chi connectivity index (χ1n) is 11.2. The van der Waals surface area contributed by atoms with Gasteiger partial charge in [0.15, 0.2) is 0 Å². The van der Waals surface area contributed by atoms with Crippen molar-refractivity contribution < 1.29 is 9.32 Å². The van der Waals surface area contributed by atoms with Crippen LogP contribution in [-0.2, 0) is 4.79 Å². The zero-order valence-corrected chi connectivity index (χ0v) is 18.4. The number of piperidine rings is 3. The fraction of sp³-hybridized carbons (Fsp3) is 0.320. The molecule has 1 N–H and O–H groups in total. The highest BCUT2D eigenvalue weighted by Crippen LogP contribution is 2.38. The number of rotatable bonds is 4. The van der Waals surface area contributed by atoms with Gasteiger partial charge in [-0.2, -0.15) is 4.98 Å². The summed E-state index contributed by atoms with van der Waals surface area (Å²) >= 11 is 1.51. The van der Waals surface area contributed by atoms with Crippen LogP contribution in [0.1, 0.15) is 18.7 Å². The molecular formula is C25H24N4O2S. The zero-order valence-electron chi connectivity index (χ0n) is 17.6. The van der Waals surface area contributed by atoms with Crippen molar-refractivity contribution in [2.75, 3.05) is 19.6 Å². The molecule has 2 atom stereocenters. The molecule has 1 amide bonds. The topological polar surface area (TPSA) is 71.3 Å². The van der Waals surface area contributed by atoms with Gasteiger partial charge >= 0.3 is 0 Å². The number of nitrogens with zero attached hydrogens (tertiary/aromatic N) is 3. The molecule has 6 nitrogen and oxygen atoms in total. The van der Waals surface area contributed by atoms with Crippen molar-refractivity contribution in [3.8, 4) is 11.5 Å². The molecular weight excluding hydrogens is 420 g/mol. The van der Waals surface area contributed by atoms with Crippen molar-refractivity contribution in [2.45, 2.75) is 18.9 Å². The summed E-state index contributed by atoms with van der Waals surface area (Å²) in [6, 6.07) is 10.0. The fourth-order valence-electron chi connectivity index (χ4n) is 4.88. The van der Waals surface area contributed by atoms with Gasteiger partial charge < -0.3 is 14.7 Å². The Morgan fingerprint density at radius 1 is 1.16 bits per heavy atom. The van der Waals surface area contributed by atoms with E-state index in [0.29, 0.717) is 17.6 Å². The van der Waals surface area contributed by atoms with Gasteiger partial charge in [0, 0.05) is 34.5 Å². The molecule has 4 bridgehead atoms. The second-order valence-electron chi connectivity index (χ2n) is 8.75. The number of allylic oxidation sites excluding steroid dienone is 6. The minimum absolute atomic E-state index is 0.0422.